The molecule has 0 aliphatic carbocycles. The van der Waals surface area contributed by atoms with Gasteiger partial charge in [0.15, 0.2) is 11.5 Å². The molecule has 0 bridgehead atoms. The highest BCUT2D eigenvalue weighted by atomic mass is 35.5. The van der Waals surface area contributed by atoms with Gasteiger partial charge < -0.3 is 19.9 Å². The van der Waals surface area contributed by atoms with E-state index in [4.69, 9.17) is 26.2 Å². The monoisotopic (exact) mass is 311 g/mol. The van der Waals surface area contributed by atoms with Gasteiger partial charge in [-0.2, -0.15) is 0 Å². The van der Waals surface area contributed by atoms with Crippen LogP contribution in [0.4, 0.5) is 0 Å². The van der Waals surface area contributed by atoms with Gasteiger partial charge in [-0.15, -0.1) is 0 Å². The fourth-order valence-corrected chi connectivity index (χ4v) is 3.39. The van der Waals surface area contributed by atoms with Crippen LogP contribution in [-0.2, 0) is 4.79 Å². The van der Waals surface area contributed by atoms with Gasteiger partial charge in [0, 0.05) is 35.7 Å². The van der Waals surface area contributed by atoms with Crippen molar-refractivity contribution in [2.24, 2.45) is 5.92 Å². The van der Waals surface area contributed by atoms with Crippen LogP contribution in [0.3, 0.4) is 0 Å². The van der Waals surface area contributed by atoms with Crippen LogP contribution in [0.25, 0.3) is 0 Å². The standard InChI is InChI=1S/C15H18ClNO4/c1-8-13(11-5-9(7-17-11)15(18)19)10(16)6-12-14(8)21-4-2-3-20-12/h6,9,11,17H,2-5,7H2,1H3,(H,18,19). The summed E-state index contributed by atoms with van der Waals surface area (Å²) in [5.41, 5.74) is 1.85. The number of aliphatic carboxylic acids is 1. The third-order valence-electron chi connectivity index (χ3n) is 4.10. The first-order chi connectivity index (χ1) is 10.1. The van der Waals surface area contributed by atoms with E-state index in [1.54, 1.807) is 6.07 Å². The number of carboxylic acid groups (broad SMARTS) is 1. The molecule has 0 saturated carbocycles. The quantitative estimate of drug-likeness (QED) is 0.878. The molecule has 2 atom stereocenters. The van der Waals surface area contributed by atoms with Gasteiger partial charge in [0.1, 0.15) is 0 Å². The number of fused-ring (bicyclic) bond motifs is 1. The van der Waals surface area contributed by atoms with Crippen molar-refractivity contribution < 1.29 is 19.4 Å². The van der Waals surface area contributed by atoms with E-state index in [-0.39, 0.29) is 12.0 Å². The minimum atomic E-state index is -0.770. The van der Waals surface area contributed by atoms with Crippen LogP contribution < -0.4 is 14.8 Å². The predicted octanol–water partition coefficient (Wildman–Crippen LogP) is 2.54. The van der Waals surface area contributed by atoms with Gasteiger partial charge in [-0.25, -0.2) is 0 Å². The van der Waals surface area contributed by atoms with Crippen LogP contribution in [-0.4, -0.2) is 30.8 Å². The summed E-state index contributed by atoms with van der Waals surface area (Å²) in [5.74, 6) is 0.258. The molecule has 0 amide bonds. The maximum absolute atomic E-state index is 11.1. The Bertz CT molecular complexity index is 575. The van der Waals surface area contributed by atoms with Crippen LogP contribution in [0.1, 0.15) is 30.0 Å². The summed E-state index contributed by atoms with van der Waals surface area (Å²) in [6, 6.07) is 1.72. The number of nitrogens with one attached hydrogen (secondary N) is 1. The number of carboxylic acids is 1. The molecule has 2 aliphatic rings. The summed E-state index contributed by atoms with van der Waals surface area (Å²) >= 11 is 6.40. The minimum Gasteiger partial charge on any atom is -0.489 e. The molecule has 5 nitrogen and oxygen atoms in total. The molecule has 6 heteroatoms. The molecule has 1 saturated heterocycles. The molecular weight excluding hydrogens is 294 g/mol. The Hall–Kier alpha value is -1.46. The Kier molecular flexibility index (Phi) is 3.95. The zero-order valence-corrected chi connectivity index (χ0v) is 12.6. The molecule has 1 aromatic carbocycles. The number of hydrogen-bond donors (Lipinski definition) is 2. The van der Waals surface area contributed by atoms with Crippen molar-refractivity contribution in [3.8, 4) is 11.5 Å². The number of carbonyl (C=O) groups is 1. The molecule has 0 aromatic heterocycles. The van der Waals surface area contributed by atoms with Crippen molar-refractivity contribution >= 4 is 17.6 Å². The largest absolute Gasteiger partial charge is 0.489 e. The van der Waals surface area contributed by atoms with Crippen molar-refractivity contribution in [3.05, 3.63) is 22.2 Å². The second kappa shape index (κ2) is 5.73. The molecule has 114 valence electrons. The van der Waals surface area contributed by atoms with Crippen LogP contribution in [0.15, 0.2) is 6.07 Å². The summed E-state index contributed by atoms with van der Waals surface area (Å²) in [6.45, 7) is 3.64. The molecule has 1 fully saturated rings. The van der Waals surface area contributed by atoms with E-state index in [0.29, 0.717) is 37.0 Å². The molecular formula is C15H18ClNO4. The van der Waals surface area contributed by atoms with Crippen molar-refractivity contribution in [2.75, 3.05) is 19.8 Å². The lowest BCUT2D eigenvalue weighted by Crippen LogP contribution is -2.18. The van der Waals surface area contributed by atoms with Gasteiger partial charge >= 0.3 is 5.97 Å². The first kappa shape index (κ1) is 14.5. The lowest BCUT2D eigenvalue weighted by Gasteiger charge is -2.20. The van der Waals surface area contributed by atoms with Crippen molar-refractivity contribution in [1.29, 1.82) is 0 Å². The third kappa shape index (κ3) is 2.68. The Morgan fingerprint density at radius 2 is 2.19 bits per heavy atom. The normalized spacial score (nSPS) is 24.7. The first-order valence-electron chi connectivity index (χ1n) is 7.12. The van der Waals surface area contributed by atoms with Gasteiger partial charge in [-0.05, 0) is 18.9 Å². The van der Waals surface area contributed by atoms with Crippen LogP contribution in [0.2, 0.25) is 5.02 Å². The lowest BCUT2D eigenvalue weighted by atomic mass is 9.95. The van der Waals surface area contributed by atoms with Gasteiger partial charge in [0.05, 0.1) is 19.1 Å². The molecule has 2 N–H and O–H groups in total. The van der Waals surface area contributed by atoms with Gasteiger partial charge in [0.2, 0.25) is 0 Å². The average molecular weight is 312 g/mol. The minimum absolute atomic E-state index is 0.0595. The Balaban J connectivity index is 1.96. The summed E-state index contributed by atoms with van der Waals surface area (Å²) in [6.07, 6.45) is 1.37. The maximum atomic E-state index is 11.1. The second-order valence-electron chi connectivity index (χ2n) is 5.51. The van der Waals surface area contributed by atoms with Crippen LogP contribution in [0, 0.1) is 12.8 Å². The van der Waals surface area contributed by atoms with Gasteiger partial charge in [-0.1, -0.05) is 11.6 Å². The van der Waals surface area contributed by atoms with Crippen molar-refractivity contribution in [2.45, 2.75) is 25.8 Å². The van der Waals surface area contributed by atoms with E-state index < -0.39 is 5.97 Å². The topological polar surface area (TPSA) is 67.8 Å². The number of benzene rings is 1. The number of halogens is 1. The summed E-state index contributed by atoms with van der Waals surface area (Å²) < 4.78 is 11.4. The molecule has 21 heavy (non-hydrogen) atoms. The fraction of sp³-hybridized carbons (Fsp3) is 0.533. The number of rotatable bonds is 2. The zero-order chi connectivity index (χ0) is 15.0. The highest BCUT2D eigenvalue weighted by Gasteiger charge is 2.33. The molecule has 2 aliphatic heterocycles. The maximum Gasteiger partial charge on any atom is 0.307 e. The molecule has 2 heterocycles. The predicted molar refractivity (Wildman–Crippen MR) is 78.3 cm³/mol. The number of hydrogen-bond acceptors (Lipinski definition) is 4. The molecule has 0 radical (unpaired) electrons. The van der Waals surface area contributed by atoms with Gasteiger partial charge in [0.25, 0.3) is 0 Å². The van der Waals surface area contributed by atoms with E-state index in [1.165, 1.54) is 0 Å². The molecule has 0 spiro atoms. The smallest absolute Gasteiger partial charge is 0.307 e. The van der Waals surface area contributed by atoms with E-state index in [2.05, 4.69) is 5.32 Å². The lowest BCUT2D eigenvalue weighted by molar-refractivity contribution is -0.141. The van der Waals surface area contributed by atoms with Crippen LogP contribution in [0.5, 0.6) is 11.5 Å². The van der Waals surface area contributed by atoms with E-state index in [1.807, 2.05) is 6.92 Å². The average Bonchev–Trinajstić information content (AvgIpc) is 2.79. The summed E-state index contributed by atoms with van der Waals surface area (Å²) in [5, 5.41) is 13.0. The van der Waals surface area contributed by atoms with Crippen LogP contribution >= 0.6 is 11.6 Å². The van der Waals surface area contributed by atoms with Gasteiger partial charge in [-0.3, -0.25) is 4.79 Å². The molecule has 1 aromatic rings. The summed E-state index contributed by atoms with van der Waals surface area (Å²) in [7, 11) is 0. The molecule has 2 unspecified atom stereocenters. The first-order valence-corrected chi connectivity index (χ1v) is 7.50. The zero-order valence-electron chi connectivity index (χ0n) is 11.8. The highest BCUT2D eigenvalue weighted by molar-refractivity contribution is 6.31. The Morgan fingerprint density at radius 1 is 1.43 bits per heavy atom. The van der Waals surface area contributed by atoms with Crippen molar-refractivity contribution in [1.82, 2.24) is 5.32 Å². The highest BCUT2D eigenvalue weighted by Crippen LogP contribution is 2.43. The third-order valence-corrected chi connectivity index (χ3v) is 4.42. The fourth-order valence-electron chi connectivity index (χ4n) is 3.02. The Labute approximate surface area is 128 Å². The Morgan fingerprint density at radius 3 is 2.90 bits per heavy atom. The van der Waals surface area contributed by atoms with E-state index in [9.17, 15) is 4.79 Å². The van der Waals surface area contributed by atoms with E-state index in [0.717, 1.165) is 23.3 Å². The molecule has 3 rings (SSSR count). The second-order valence-corrected chi connectivity index (χ2v) is 5.91. The SMILES string of the molecule is Cc1c2c(cc(Cl)c1C1CC(C(=O)O)CN1)OCCCO2. The van der Waals surface area contributed by atoms with Crippen molar-refractivity contribution in [3.63, 3.8) is 0 Å². The van der Waals surface area contributed by atoms with E-state index >= 15 is 0 Å². The summed E-state index contributed by atoms with van der Waals surface area (Å²) in [4.78, 5) is 11.1. The number of ether oxygens (including phenoxy) is 2.